The molecule has 3 aromatic rings. The van der Waals surface area contributed by atoms with Gasteiger partial charge in [-0.25, -0.2) is 17.2 Å². The van der Waals surface area contributed by atoms with E-state index in [1.54, 1.807) is 25.1 Å². The first-order valence-electron chi connectivity index (χ1n) is 11.7. The van der Waals surface area contributed by atoms with E-state index in [0.29, 0.717) is 18.4 Å². The first kappa shape index (κ1) is 24.4. The van der Waals surface area contributed by atoms with Crippen LogP contribution in [0.3, 0.4) is 0 Å². The molecular weight excluding hydrogens is 488 g/mol. The molecule has 36 heavy (non-hydrogen) atoms. The molecule has 9 heteroatoms. The third-order valence-corrected chi connectivity index (χ3v) is 8.42. The lowest BCUT2D eigenvalue weighted by Crippen LogP contribution is -2.44. The second-order valence-corrected chi connectivity index (χ2v) is 11.3. The van der Waals surface area contributed by atoms with Gasteiger partial charge in [0.1, 0.15) is 29.1 Å². The largest absolute Gasteiger partial charge is 0.486 e. The van der Waals surface area contributed by atoms with Gasteiger partial charge in [0.05, 0.1) is 17.1 Å². The molecule has 0 aromatic heterocycles. The number of anilines is 1. The van der Waals surface area contributed by atoms with Gasteiger partial charge in [-0.15, -0.1) is 0 Å². The van der Waals surface area contributed by atoms with Crippen molar-refractivity contribution in [1.29, 1.82) is 0 Å². The highest BCUT2D eigenvalue weighted by Crippen LogP contribution is 2.42. The third-order valence-electron chi connectivity index (χ3n) is 6.64. The summed E-state index contributed by atoms with van der Waals surface area (Å²) in [6.45, 7) is 1.71. The number of rotatable bonds is 7. The first-order valence-corrected chi connectivity index (χ1v) is 13.1. The minimum atomic E-state index is -4.05. The minimum absolute atomic E-state index is 0.00361. The number of benzene rings is 3. The highest BCUT2D eigenvalue weighted by Gasteiger charge is 2.47. The Kier molecular flexibility index (Phi) is 6.08. The predicted molar refractivity (Wildman–Crippen MR) is 130 cm³/mol. The molecule has 5 rings (SSSR count). The Bertz CT molecular complexity index is 1450. The maximum absolute atomic E-state index is 14.5. The molecule has 1 N–H and O–H groups in total. The summed E-state index contributed by atoms with van der Waals surface area (Å²) in [4.78, 5) is 12.4. The van der Waals surface area contributed by atoms with Gasteiger partial charge in [-0.1, -0.05) is 18.2 Å². The van der Waals surface area contributed by atoms with Crippen molar-refractivity contribution in [1.82, 2.24) is 0 Å². The lowest BCUT2D eigenvalue weighted by atomic mass is 10.0. The maximum Gasteiger partial charge on any atom is 0.264 e. The molecule has 1 fully saturated rings. The Balaban J connectivity index is 1.54. The number of hydrogen-bond acceptors (Lipinski definition) is 5. The fourth-order valence-corrected chi connectivity index (χ4v) is 6.01. The number of nitrogens with zero attached hydrogens (tertiary/aromatic N) is 1. The number of hydrogen-bond donors (Lipinski definition) is 1. The van der Waals surface area contributed by atoms with Gasteiger partial charge in [-0.2, -0.15) is 0 Å². The molecule has 0 amide bonds. The van der Waals surface area contributed by atoms with E-state index in [2.05, 4.69) is 0 Å². The van der Waals surface area contributed by atoms with Crippen LogP contribution in [-0.2, 0) is 14.8 Å². The molecule has 188 valence electrons. The number of sulfonamides is 1. The van der Waals surface area contributed by atoms with E-state index < -0.39 is 33.4 Å². The molecule has 1 aliphatic carbocycles. The number of ketones is 1. The highest BCUT2D eigenvalue weighted by molar-refractivity contribution is 7.92. The summed E-state index contributed by atoms with van der Waals surface area (Å²) in [5, 5.41) is 10.1. The topological polar surface area (TPSA) is 83.9 Å². The molecule has 0 spiro atoms. The number of carbonyl (C=O) groups is 1. The molecule has 1 heterocycles. The number of fused-ring (bicyclic) bond motifs is 1. The van der Waals surface area contributed by atoms with Crippen molar-refractivity contribution in [2.75, 3.05) is 10.8 Å². The number of aliphatic hydroxyl groups is 1. The van der Waals surface area contributed by atoms with Crippen LogP contribution in [-0.4, -0.2) is 37.6 Å². The van der Waals surface area contributed by atoms with Crippen LogP contribution >= 0.6 is 0 Å². The zero-order valence-corrected chi connectivity index (χ0v) is 20.4. The van der Waals surface area contributed by atoms with Crippen LogP contribution in [0.2, 0.25) is 0 Å². The Morgan fingerprint density at radius 1 is 1.11 bits per heavy atom. The van der Waals surface area contributed by atoms with Crippen molar-refractivity contribution in [2.24, 2.45) is 0 Å². The fourth-order valence-electron chi connectivity index (χ4n) is 4.40. The summed E-state index contributed by atoms with van der Waals surface area (Å²) in [6.07, 6.45) is 0.517. The quantitative estimate of drug-likeness (QED) is 0.492. The van der Waals surface area contributed by atoms with Crippen molar-refractivity contribution in [3.8, 4) is 16.9 Å². The minimum Gasteiger partial charge on any atom is -0.486 e. The van der Waals surface area contributed by atoms with Gasteiger partial charge in [-0.05, 0) is 79.8 Å². The number of ether oxygens (including phenoxy) is 1. The number of Topliss-reactive ketones (excluding diaryl/α,β-unsaturated/α-hetero) is 1. The predicted octanol–water partition coefficient (Wildman–Crippen LogP) is 4.77. The van der Waals surface area contributed by atoms with E-state index in [0.717, 1.165) is 23.8 Å². The summed E-state index contributed by atoms with van der Waals surface area (Å²) in [6, 6.07) is 14.1. The summed E-state index contributed by atoms with van der Waals surface area (Å²) in [7, 11) is -4.05. The molecule has 6 nitrogen and oxygen atoms in total. The summed E-state index contributed by atoms with van der Waals surface area (Å²) >= 11 is 0. The van der Waals surface area contributed by atoms with E-state index in [1.807, 2.05) is 0 Å². The SMILES string of the molecule is Cc1cccc(S(=O)(=O)N2C[C@H](CCC(=O)C3(O)CC3)Oc3ccc(-c4cc(F)ccc4F)cc32)c1. The van der Waals surface area contributed by atoms with Crippen LogP contribution in [0.15, 0.2) is 65.6 Å². The Morgan fingerprint density at radius 2 is 1.89 bits per heavy atom. The van der Waals surface area contributed by atoms with Gasteiger partial charge in [0.15, 0.2) is 5.78 Å². The van der Waals surface area contributed by atoms with E-state index in [1.165, 1.54) is 28.6 Å². The van der Waals surface area contributed by atoms with Crippen molar-refractivity contribution < 1.29 is 31.8 Å². The monoisotopic (exact) mass is 513 g/mol. The first-order chi connectivity index (χ1) is 17.1. The van der Waals surface area contributed by atoms with Gasteiger partial charge in [-0.3, -0.25) is 9.10 Å². The van der Waals surface area contributed by atoms with Gasteiger partial charge in [0, 0.05) is 12.0 Å². The zero-order valence-electron chi connectivity index (χ0n) is 19.6. The van der Waals surface area contributed by atoms with Crippen molar-refractivity contribution in [3.05, 3.63) is 77.9 Å². The maximum atomic E-state index is 14.5. The molecule has 0 bridgehead atoms. The summed E-state index contributed by atoms with van der Waals surface area (Å²) in [5.41, 5.74) is -0.00962. The van der Waals surface area contributed by atoms with Crippen LogP contribution < -0.4 is 9.04 Å². The second kappa shape index (κ2) is 8.97. The third kappa shape index (κ3) is 4.60. The van der Waals surface area contributed by atoms with Crippen molar-refractivity contribution >= 4 is 21.5 Å². The lowest BCUT2D eigenvalue weighted by molar-refractivity contribution is -0.129. The Hall–Kier alpha value is -3.30. The number of carbonyl (C=O) groups excluding carboxylic acids is 1. The smallest absolute Gasteiger partial charge is 0.264 e. The van der Waals surface area contributed by atoms with Gasteiger partial charge in [0.25, 0.3) is 10.0 Å². The van der Waals surface area contributed by atoms with Gasteiger partial charge in [0.2, 0.25) is 0 Å². The molecule has 2 aliphatic rings. The Labute approximate surface area is 208 Å². The van der Waals surface area contributed by atoms with Crippen LogP contribution in [0, 0.1) is 18.6 Å². The van der Waals surface area contributed by atoms with Crippen LogP contribution in [0.4, 0.5) is 14.5 Å². The second-order valence-electron chi connectivity index (χ2n) is 9.39. The average Bonchev–Trinajstić information content (AvgIpc) is 3.61. The number of halogens is 2. The zero-order chi connectivity index (χ0) is 25.7. The van der Waals surface area contributed by atoms with E-state index in [9.17, 15) is 27.1 Å². The van der Waals surface area contributed by atoms with Crippen LogP contribution in [0.1, 0.15) is 31.2 Å². The number of aryl methyl sites for hydroxylation is 1. The van der Waals surface area contributed by atoms with E-state index in [-0.39, 0.29) is 47.1 Å². The van der Waals surface area contributed by atoms with E-state index >= 15 is 0 Å². The molecule has 3 aromatic carbocycles. The van der Waals surface area contributed by atoms with E-state index in [4.69, 9.17) is 4.74 Å². The molecule has 0 unspecified atom stereocenters. The van der Waals surface area contributed by atoms with Crippen molar-refractivity contribution in [3.63, 3.8) is 0 Å². The molecule has 0 saturated heterocycles. The normalized spacial score (nSPS) is 18.3. The Morgan fingerprint density at radius 3 is 2.61 bits per heavy atom. The molecule has 0 radical (unpaired) electrons. The fraction of sp³-hybridized carbons (Fsp3) is 0.296. The molecule has 1 atom stereocenters. The van der Waals surface area contributed by atoms with Gasteiger partial charge >= 0.3 is 0 Å². The molecule has 1 aliphatic heterocycles. The summed E-state index contributed by atoms with van der Waals surface area (Å²) < 4.78 is 63.1. The van der Waals surface area contributed by atoms with Crippen molar-refractivity contribution in [2.45, 2.75) is 49.2 Å². The summed E-state index contributed by atoms with van der Waals surface area (Å²) in [5.74, 6) is -1.29. The lowest BCUT2D eigenvalue weighted by Gasteiger charge is -2.36. The average molecular weight is 514 g/mol. The highest BCUT2D eigenvalue weighted by atomic mass is 32.2. The molecular formula is C27H25F2NO5S. The van der Waals surface area contributed by atoms with Crippen LogP contribution in [0.25, 0.3) is 11.1 Å². The van der Waals surface area contributed by atoms with Gasteiger partial charge < -0.3 is 9.84 Å². The standard InChI is InChI=1S/C27H25F2NO5S/c1-17-3-2-4-21(13-17)36(33,34)30-16-20(7-10-26(31)27(32)11-12-27)35-25-9-5-18(14-24(25)30)22-15-19(28)6-8-23(22)29/h2-6,8-9,13-15,20,32H,7,10-12,16H2,1H3/t20-/m0/s1. The van der Waals surface area contributed by atoms with Crippen LogP contribution in [0.5, 0.6) is 5.75 Å². The molecule has 1 saturated carbocycles.